The fourth-order valence-corrected chi connectivity index (χ4v) is 0.356. The van der Waals surface area contributed by atoms with Gasteiger partial charge in [-0.3, -0.25) is 0 Å². The second-order valence-corrected chi connectivity index (χ2v) is 2.35. The average molecular weight is 156 g/mol. The summed E-state index contributed by atoms with van der Waals surface area (Å²) in [5.41, 5.74) is 0. The van der Waals surface area contributed by atoms with Crippen LogP contribution in [0.4, 0.5) is 4.79 Å². The van der Waals surface area contributed by atoms with Crippen LogP contribution in [0.5, 0.6) is 0 Å². The van der Waals surface area contributed by atoms with Crippen molar-refractivity contribution >= 4 is 15.4 Å². The average Bonchev–Trinajstić information content (AvgIpc) is 1.65. The molecule has 0 unspecified atom stereocenters. The highest BCUT2D eigenvalue weighted by molar-refractivity contribution is 8.01. The largest absolute Gasteiger partial charge is 0.468 e. The SMILES string of the molecule is COOS(=O)(=O)C(=O)O. The zero-order valence-corrected chi connectivity index (χ0v) is 5.21. The molecule has 0 fully saturated rings. The van der Waals surface area contributed by atoms with Crippen LogP contribution in [0.3, 0.4) is 0 Å². The van der Waals surface area contributed by atoms with E-state index in [4.69, 9.17) is 5.11 Å². The van der Waals surface area contributed by atoms with Crippen molar-refractivity contribution in [2.24, 2.45) is 0 Å². The van der Waals surface area contributed by atoms with E-state index in [-0.39, 0.29) is 0 Å². The van der Waals surface area contributed by atoms with E-state index in [0.29, 0.717) is 0 Å². The van der Waals surface area contributed by atoms with Gasteiger partial charge in [-0.15, -0.1) is 0 Å². The van der Waals surface area contributed by atoms with Crippen molar-refractivity contribution in [3.63, 3.8) is 0 Å². The van der Waals surface area contributed by atoms with Crippen LogP contribution < -0.4 is 0 Å². The molecule has 7 heteroatoms. The lowest BCUT2D eigenvalue weighted by Gasteiger charge is -1.92. The maximum atomic E-state index is 9.98. The first-order valence-electron chi connectivity index (χ1n) is 1.71. The molecule has 0 radical (unpaired) electrons. The first-order chi connectivity index (χ1) is 4.00. The Labute approximate surface area is 51.1 Å². The van der Waals surface area contributed by atoms with Crippen LogP contribution in [0.25, 0.3) is 0 Å². The van der Waals surface area contributed by atoms with Crippen molar-refractivity contribution in [2.45, 2.75) is 0 Å². The monoisotopic (exact) mass is 156 g/mol. The van der Waals surface area contributed by atoms with Gasteiger partial charge in [0.25, 0.3) is 0 Å². The van der Waals surface area contributed by atoms with E-state index in [1.165, 1.54) is 0 Å². The van der Waals surface area contributed by atoms with Crippen LogP contribution in [0, 0.1) is 0 Å². The van der Waals surface area contributed by atoms with E-state index >= 15 is 0 Å². The lowest BCUT2D eigenvalue weighted by molar-refractivity contribution is -0.171. The van der Waals surface area contributed by atoms with Gasteiger partial charge in [-0.25, -0.2) is 9.68 Å². The Bertz CT molecular complexity index is 189. The van der Waals surface area contributed by atoms with E-state index in [1.54, 1.807) is 0 Å². The van der Waals surface area contributed by atoms with Crippen molar-refractivity contribution in [1.29, 1.82) is 0 Å². The van der Waals surface area contributed by atoms with Gasteiger partial charge in [-0.2, -0.15) is 8.42 Å². The molecule has 1 N–H and O–H groups in total. The normalized spacial score (nSPS) is 11.2. The molecule has 0 aliphatic heterocycles. The molecule has 0 rings (SSSR count). The summed E-state index contributed by atoms with van der Waals surface area (Å²) in [5.74, 6) is 0. The topological polar surface area (TPSA) is 89.9 Å². The second kappa shape index (κ2) is 2.76. The highest BCUT2D eigenvalue weighted by Gasteiger charge is 2.22. The standard InChI is InChI=1S/C2H4O6S/c1-7-8-9(5,6)2(3)4/h1H3,(H,3,4). The molecule has 0 aromatic heterocycles. The summed E-state index contributed by atoms with van der Waals surface area (Å²) in [4.78, 5) is 13.2. The predicted octanol–water partition coefficient (Wildman–Crippen LogP) is -0.428. The van der Waals surface area contributed by atoms with Gasteiger partial charge >= 0.3 is 15.4 Å². The third kappa shape index (κ3) is 2.40. The molecular weight excluding hydrogens is 152 g/mol. The van der Waals surface area contributed by atoms with Crippen molar-refractivity contribution in [2.75, 3.05) is 7.11 Å². The van der Waals surface area contributed by atoms with E-state index in [2.05, 4.69) is 9.22 Å². The van der Waals surface area contributed by atoms with Gasteiger partial charge in [0.1, 0.15) is 0 Å². The molecular formula is C2H4O6S. The van der Waals surface area contributed by atoms with Crippen LogP contribution in [0.15, 0.2) is 0 Å². The molecule has 0 heterocycles. The molecule has 0 bridgehead atoms. The Hall–Kier alpha value is -0.660. The fourth-order valence-electron chi connectivity index (χ4n) is 0.119. The number of carboxylic acid groups (broad SMARTS) is 1. The zero-order valence-electron chi connectivity index (χ0n) is 4.40. The summed E-state index contributed by atoms with van der Waals surface area (Å²) in [7, 11) is -3.66. The zero-order chi connectivity index (χ0) is 7.49. The van der Waals surface area contributed by atoms with E-state index in [1.807, 2.05) is 0 Å². The quantitative estimate of drug-likeness (QED) is 0.431. The van der Waals surface area contributed by atoms with Gasteiger partial charge in [0.15, 0.2) is 0 Å². The van der Waals surface area contributed by atoms with E-state index in [9.17, 15) is 13.2 Å². The fraction of sp³-hybridized carbons (Fsp3) is 0.500. The number of rotatable bonds is 2. The van der Waals surface area contributed by atoms with Gasteiger partial charge < -0.3 is 5.11 Å². The highest BCUT2D eigenvalue weighted by Crippen LogP contribution is 1.92. The molecule has 0 aromatic carbocycles. The molecule has 9 heavy (non-hydrogen) atoms. The Morgan fingerprint density at radius 3 is 2.11 bits per heavy atom. The molecule has 0 aromatic rings. The molecule has 0 aliphatic carbocycles. The lowest BCUT2D eigenvalue weighted by Crippen LogP contribution is -2.14. The summed E-state index contributed by atoms with van der Waals surface area (Å²) < 4.78 is 23.3. The van der Waals surface area contributed by atoms with Crippen LogP contribution in [0.2, 0.25) is 0 Å². The maximum Gasteiger partial charge on any atom is 0.451 e. The summed E-state index contributed by atoms with van der Waals surface area (Å²) in [6, 6.07) is 0. The van der Waals surface area contributed by atoms with Crippen molar-refractivity contribution in [3.05, 3.63) is 0 Å². The summed E-state index contributed by atoms with van der Waals surface area (Å²) in [5, 5.41) is 5.70. The van der Waals surface area contributed by atoms with Gasteiger partial charge in [-0.05, 0) is 0 Å². The maximum absolute atomic E-state index is 9.98. The van der Waals surface area contributed by atoms with Gasteiger partial charge in [0.05, 0.1) is 7.11 Å². The summed E-state index contributed by atoms with van der Waals surface area (Å²) in [6.45, 7) is 0. The van der Waals surface area contributed by atoms with Gasteiger partial charge in [-0.1, -0.05) is 4.33 Å². The minimum atomic E-state index is -4.55. The Kier molecular flexibility index (Phi) is 2.56. The van der Waals surface area contributed by atoms with Crippen LogP contribution in [-0.4, -0.2) is 25.9 Å². The van der Waals surface area contributed by atoms with Gasteiger partial charge in [0, 0.05) is 0 Å². The molecule has 0 saturated heterocycles. The van der Waals surface area contributed by atoms with Crippen molar-refractivity contribution in [1.82, 2.24) is 0 Å². The highest BCUT2D eigenvalue weighted by atomic mass is 32.2. The smallest absolute Gasteiger partial charge is 0.451 e. The number of hydrogen-bond acceptors (Lipinski definition) is 5. The molecule has 0 saturated carbocycles. The minimum Gasteiger partial charge on any atom is -0.468 e. The third-order valence-electron chi connectivity index (χ3n) is 0.371. The predicted molar refractivity (Wildman–Crippen MR) is 25.0 cm³/mol. The van der Waals surface area contributed by atoms with E-state index in [0.717, 1.165) is 7.11 Å². The number of carbonyl (C=O) groups is 1. The molecule has 0 spiro atoms. The van der Waals surface area contributed by atoms with Crippen LogP contribution >= 0.6 is 0 Å². The first-order valence-corrected chi connectivity index (χ1v) is 3.12. The first kappa shape index (κ1) is 8.34. The molecule has 6 nitrogen and oxygen atoms in total. The third-order valence-corrected chi connectivity index (χ3v) is 1.11. The van der Waals surface area contributed by atoms with Crippen molar-refractivity contribution < 1.29 is 27.5 Å². The number of hydrogen-bond donors (Lipinski definition) is 1. The van der Waals surface area contributed by atoms with E-state index < -0.39 is 15.4 Å². The molecule has 0 amide bonds. The Morgan fingerprint density at radius 2 is 2.00 bits per heavy atom. The van der Waals surface area contributed by atoms with Gasteiger partial charge in [0.2, 0.25) is 0 Å². The lowest BCUT2D eigenvalue weighted by atomic mass is 11.6. The minimum absolute atomic E-state index is 0.889. The molecule has 0 atom stereocenters. The van der Waals surface area contributed by atoms with Crippen molar-refractivity contribution in [3.8, 4) is 0 Å². The summed E-state index contributed by atoms with van der Waals surface area (Å²) in [6.07, 6.45) is 0. The Morgan fingerprint density at radius 1 is 1.56 bits per heavy atom. The van der Waals surface area contributed by atoms with Crippen LogP contribution in [-0.2, 0) is 19.3 Å². The second-order valence-electron chi connectivity index (χ2n) is 0.955. The summed E-state index contributed by atoms with van der Waals surface area (Å²) >= 11 is 0. The van der Waals surface area contributed by atoms with Crippen LogP contribution in [0.1, 0.15) is 0 Å². The molecule has 0 aliphatic rings. The Balaban J connectivity index is 4.23. The molecule has 54 valence electrons.